The minimum atomic E-state index is -0.0381. The average molecular weight is 400 g/mol. The molecule has 0 atom stereocenters. The highest BCUT2D eigenvalue weighted by molar-refractivity contribution is 14.1. The molecule has 0 spiro atoms. The molecule has 0 amide bonds. The van der Waals surface area contributed by atoms with E-state index >= 15 is 0 Å². The van der Waals surface area contributed by atoms with E-state index in [-0.39, 0.29) is 11.5 Å². The summed E-state index contributed by atoms with van der Waals surface area (Å²) >= 11 is 3.75. The van der Waals surface area contributed by atoms with E-state index in [1.165, 1.54) is 10.5 Å². The lowest BCUT2D eigenvalue weighted by molar-refractivity contribution is 0.783. The standard InChI is InChI=1S/C15H17IN2OS/c1-9(2)14-13(16)15(19)18-12(17-14)8-20-11-6-4-10(3)5-7-11/h4-7,9H,8H2,1-3H3,(H,17,18,19). The molecule has 0 fully saturated rings. The van der Waals surface area contributed by atoms with Crippen molar-refractivity contribution < 1.29 is 0 Å². The molecule has 1 N–H and O–H groups in total. The fourth-order valence-electron chi connectivity index (χ4n) is 1.76. The number of H-pyrrole nitrogens is 1. The molecule has 3 nitrogen and oxygen atoms in total. The van der Waals surface area contributed by atoms with Crippen LogP contribution in [0.1, 0.15) is 36.8 Å². The highest BCUT2D eigenvalue weighted by Crippen LogP contribution is 2.22. The van der Waals surface area contributed by atoms with E-state index in [1.54, 1.807) is 11.8 Å². The maximum atomic E-state index is 11.9. The maximum Gasteiger partial charge on any atom is 0.264 e. The van der Waals surface area contributed by atoms with Crippen LogP contribution in [0, 0.1) is 10.5 Å². The lowest BCUT2D eigenvalue weighted by atomic mass is 10.1. The van der Waals surface area contributed by atoms with Crippen molar-refractivity contribution >= 4 is 34.4 Å². The second-order valence-corrected chi connectivity index (χ2v) is 7.10. The van der Waals surface area contributed by atoms with Gasteiger partial charge in [0.15, 0.2) is 0 Å². The Morgan fingerprint density at radius 3 is 2.55 bits per heavy atom. The van der Waals surface area contributed by atoms with Crippen molar-refractivity contribution in [3.8, 4) is 0 Å². The average Bonchev–Trinajstić information content (AvgIpc) is 2.41. The molecule has 0 saturated carbocycles. The van der Waals surface area contributed by atoms with Crippen LogP contribution in [0.5, 0.6) is 0 Å². The Balaban J connectivity index is 2.17. The Hall–Kier alpha value is -0.820. The van der Waals surface area contributed by atoms with Gasteiger partial charge in [-0.15, -0.1) is 11.8 Å². The molecule has 0 aliphatic heterocycles. The summed E-state index contributed by atoms with van der Waals surface area (Å²) in [5.41, 5.74) is 2.09. The van der Waals surface area contributed by atoms with Crippen LogP contribution >= 0.6 is 34.4 Å². The number of nitrogens with zero attached hydrogens (tertiary/aromatic N) is 1. The molecule has 106 valence electrons. The van der Waals surface area contributed by atoms with Crippen LogP contribution in [-0.4, -0.2) is 9.97 Å². The molecule has 20 heavy (non-hydrogen) atoms. The van der Waals surface area contributed by atoms with Gasteiger partial charge in [0.1, 0.15) is 5.82 Å². The van der Waals surface area contributed by atoms with Crippen LogP contribution in [0.15, 0.2) is 34.0 Å². The molecule has 0 unspecified atom stereocenters. The van der Waals surface area contributed by atoms with Gasteiger partial charge in [-0.2, -0.15) is 0 Å². The van der Waals surface area contributed by atoms with Gasteiger partial charge in [-0.05, 0) is 47.6 Å². The zero-order valence-electron chi connectivity index (χ0n) is 11.7. The summed E-state index contributed by atoms with van der Waals surface area (Å²) in [6, 6.07) is 8.36. The second-order valence-electron chi connectivity index (χ2n) is 4.97. The number of hydrogen-bond acceptors (Lipinski definition) is 3. The van der Waals surface area contributed by atoms with Gasteiger partial charge in [0, 0.05) is 4.90 Å². The first kappa shape index (κ1) is 15.6. The molecule has 2 aromatic rings. The van der Waals surface area contributed by atoms with Crippen LogP contribution in [-0.2, 0) is 5.75 Å². The lowest BCUT2D eigenvalue weighted by Gasteiger charge is -2.09. The SMILES string of the molecule is Cc1ccc(SCc2nc(C(C)C)c(I)c(=O)[nH]2)cc1. The van der Waals surface area contributed by atoms with E-state index in [0.29, 0.717) is 9.32 Å². The van der Waals surface area contributed by atoms with Crippen LogP contribution in [0.25, 0.3) is 0 Å². The number of hydrogen-bond donors (Lipinski definition) is 1. The quantitative estimate of drug-likeness (QED) is 0.621. The minimum absolute atomic E-state index is 0.0381. The van der Waals surface area contributed by atoms with Crippen molar-refractivity contribution in [2.45, 2.75) is 37.3 Å². The molecule has 1 aromatic heterocycles. The molecular weight excluding hydrogens is 383 g/mol. The minimum Gasteiger partial charge on any atom is -0.309 e. The third-order valence-electron chi connectivity index (χ3n) is 2.88. The summed E-state index contributed by atoms with van der Waals surface area (Å²) < 4.78 is 0.696. The molecule has 1 heterocycles. The van der Waals surface area contributed by atoms with Crippen molar-refractivity contribution in [1.29, 1.82) is 0 Å². The lowest BCUT2D eigenvalue weighted by Crippen LogP contribution is -2.18. The third kappa shape index (κ3) is 3.85. The molecule has 0 bridgehead atoms. The summed E-state index contributed by atoms with van der Waals surface area (Å²) in [5.74, 6) is 1.67. The Morgan fingerprint density at radius 1 is 1.30 bits per heavy atom. The molecular formula is C15H17IN2OS. The monoisotopic (exact) mass is 400 g/mol. The van der Waals surface area contributed by atoms with E-state index in [2.05, 4.69) is 77.6 Å². The Labute approximate surface area is 136 Å². The highest BCUT2D eigenvalue weighted by atomic mass is 127. The van der Waals surface area contributed by atoms with Gasteiger partial charge in [0.2, 0.25) is 0 Å². The Morgan fingerprint density at radius 2 is 1.95 bits per heavy atom. The second kappa shape index (κ2) is 6.76. The Bertz CT molecular complexity index is 650. The predicted octanol–water partition coefficient (Wildman–Crippen LogP) is 4.10. The van der Waals surface area contributed by atoms with E-state index in [1.807, 2.05) is 0 Å². The largest absolute Gasteiger partial charge is 0.309 e. The van der Waals surface area contributed by atoms with Gasteiger partial charge in [0.25, 0.3) is 5.56 Å². The van der Waals surface area contributed by atoms with E-state index in [4.69, 9.17) is 0 Å². The summed E-state index contributed by atoms with van der Waals surface area (Å²) in [6.07, 6.45) is 0. The predicted molar refractivity (Wildman–Crippen MR) is 92.4 cm³/mol. The number of thioether (sulfide) groups is 1. The number of halogens is 1. The van der Waals surface area contributed by atoms with Gasteiger partial charge in [-0.3, -0.25) is 4.79 Å². The summed E-state index contributed by atoms with van der Waals surface area (Å²) in [7, 11) is 0. The first-order valence-corrected chi connectivity index (χ1v) is 8.52. The van der Waals surface area contributed by atoms with Gasteiger partial charge in [-0.1, -0.05) is 31.5 Å². The maximum absolute atomic E-state index is 11.9. The number of aromatic nitrogens is 2. The van der Waals surface area contributed by atoms with Gasteiger partial charge < -0.3 is 4.98 Å². The van der Waals surface area contributed by atoms with Crippen LogP contribution in [0.3, 0.4) is 0 Å². The van der Waals surface area contributed by atoms with Crippen LogP contribution < -0.4 is 5.56 Å². The zero-order valence-corrected chi connectivity index (χ0v) is 14.7. The molecule has 0 aliphatic rings. The van der Waals surface area contributed by atoms with Gasteiger partial charge >= 0.3 is 0 Å². The van der Waals surface area contributed by atoms with Crippen LogP contribution in [0.4, 0.5) is 0 Å². The molecule has 0 radical (unpaired) electrons. The fourth-order valence-corrected chi connectivity index (χ4v) is 3.41. The first-order chi connectivity index (χ1) is 9.47. The third-order valence-corrected chi connectivity index (χ3v) is 4.95. The number of benzene rings is 1. The van der Waals surface area contributed by atoms with Gasteiger partial charge in [-0.25, -0.2) is 4.98 Å². The summed E-state index contributed by atoms with van der Waals surface area (Å²) in [4.78, 5) is 20.5. The van der Waals surface area contributed by atoms with Crippen molar-refractivity contribution in [2.24, 2.45) is 0 Å². The number of aromatic amines is 1. The molecule has 1 aromatic carbocycles. The van der Waals surface area contributed by atoms with E-state index < -0.39 is 0 Å². The van der Waals surface area contributed by atoms with Crippen molar-refractivity contribution in [2.75, 3.05) is 0 Å². The normalized spacial score (nSPS) is 11.1. The molecule has 2 rings (SSSR count). The molecule has 0 saturated heterocycles. The van der Waals surface area contributed by atoms with Crippen LogP contribution in [0.2, 0.25) is 0 Å². The number of rotatable bonds is 4. The number of nitrogens with one attached hydrogen (secondary N) is 1. The zero-order chi connectivity index (χ0) is 14.7. The summed E-state index contributed by atoms with van der Waals surface area (Å²) in [5, 5.41) is 0. The molecule has 0 aliphatic carbocycles. The van der Waals surface area contributed by atoms with E-state index in [0.717, 1.165) is 11.5 Å². The van der Waals surface area contributed by atoms with Crippen molar-refractivity contribution in [3.63, 3.8) is 0 Å². The van der Waals surface area contributed by atoms with Crippen molar-refractivity contribution in [3.05, 3.63) is 55.3 Å². The smallest absolute Gasteiger partial charge is 0.264 e. The number of aryl methyl sites for hydroxylation is 1. The van der Waals surface area contributed by atoms with Crippen molar-refractivity contribution in [1.82, 2.24) is 9.97 Å². The molecule has 5 heteroatoms. The van der Waals surface area contributed by atoms with E-state index in [9.17, 15) is 4.79 Å². The summed E-state index contributed by atoms with van der Waals surface area (Å²) in [6.45, 7) is 6.18. The van der Waals surface area contributed by atoms with Gasteiger partial charge in [0.05, 0.1) is 15.0 Å². The highest BCUT2D eigenvalue weighted by Gasteiger charge is 2.12. The topological polar surface area (TPSA) is 45.8 Å². The Kier molecular flexibility index (Phi) is 5.26. The first-order valence-electron chi connectivity index (χ1n) is 6.45. The fraction of sp³-hybridized carbons (Fsp3) is 0.333.